The highest BCUT2D eigenvalue weighted by Gasteiger charge is 2.64. The van der Waals surface area contributed by atoms with Crippen LogP contribution >= 0.6 is 0 Å². The Bertz CT molecular complexity index is 542. The summed E-state index contributed by atoms with van der Waals surface area (Å²) in [6.45, 7) is 4.66. The first-order chi connectivity index (χ1) is 10.8. The van der Waals surface area contributed by atoms with Crippen LogP contribution in [-0.4, -0.2) is 21.9 Å². The topological polar surface area (TPSA) is 64.2 Å². The summed E-state index contributed by atoms with van der Waals surface area (Å²) in [5, 5.41) is 30.5. The summed E-state index contributed by atoms with van der Waals surface area (Å²) in [5.41, 5.74) is -0.944. The predicted octanol–water partition coefficient (Wildman–Crippen LogP) is 3.64. The van der Waals surface area contributed by atoms with Crippen molar-refractivity contribution in [2.45, 2.75) is 83.3 Å². The Morgan fingerprint density at radius 3 is 2.43 bits per heavy atom. The maximum atomic E-state index is 10.9. The Balaban J connectivity index is 1.65. The van der Waals surface area contributed by atoms with Crippen LogP contribution in [0.25, 0.3) is 0 Å². The van der Waals surface area contributed by atoms with Gasteiger partial charge in [0.05, 0.1) is 12.2 Å². The van der Waals surface area contributed by atoms with Crippen LogP contribution in [0.3, 0.4) is 0 Å². The lowest BCUT2D eigenvalue weighted by molar-refractivity contribution is -0.145. The molecule has 0 aromatic carbocycles. The van der Waals surface area contributed by atoms with E-state index in [9.17, 15) is 15.5 Å². The van der Waals surface area contributed by atoms with E-state index in [1.807, 2.05) is 0 Å². The van der Waals surface area contributed by atoms with Crippen LogP contribution in [0.2, 0.25) is 0 Å². The van der Waals surface area contributed by atoms with Crippen molar-refractivity contribution < 1.29 is 10.2 Å². The molecule has 0 aromatic heterocycles. The first-order valence-corrected chi connectivity index (χ1v) is 9.66. The highest BCUT2D eigenvalue weighted by Crippen LogP contribution is 2.68. The first kappa shape index (κ1) is 15.9. The Morgan fingerprint density at radius 2 is 1.70 bits per heavy atom. The van der Waals surface area contributed by atoms with E-state index in [0.717, 1.165) is 44.4 Å². The van der Waals surface area contributed by atoms with Crippen molar-refractivity contribution in [2.75, 3.05) is 0 Å². The molecule has 2 N–H and O–H groups in total. The summed E-state index contributed by atoms with van der Waals surface area (Å²) >= 11 is 0. The van der Waals surface area contributed by atoms with E-state index < -0.39 is 5.60 Å². The number of fused-ring (bicyclic) bond motifs is 5. The summed E-state index contributed by atoms with van der Waals surface area (Å²) in [6.07, 6.45) is 9.31. The molecule has 8 atom stereocenters. The van der Waals surface area contributed by atoms with Gasteiger partial charge in [-0.2, -0.15) is 5.26 Å². The van der Waals surface area contributed by atoms with Crippen LogP contribution in [0.4, 0.5) is 0 Å². The van der Waals surface area contributed by atoms with E-state index in [2.05, 4.69) is 19.9 Å². The lowest BCUT2D eigenvalue weighted by Gasteiger charge is -2.61. The molecule has 3 heteroatoms. The average Bonchev–Trinajstić information content (AvgIpc) is 2.80. The molecule has 128 valence electrons. The second kappa shape index (κ2) is 4.96. The molecule has 0 heterocycles. The fourth-order valence-electron chi connectivity index (χ4n) is 7.44. The van der Waals surface area contributed by atoms with Gasteiger partial charge in [0.1, 0.15) is 0 Å². The minimum Gasteiger partial charge on any atom is -0.393 e. The molecule has 4 aliphatic rings. The van der Waals surface area contributed by atoms with E-state index >= 15 is 0 Å². The summed E-state index contributed by atoms with van der Waals surface area (Å²) < 4.78 is 0. The number of nitriles is 1. The molecular weight excluding hydrogens is 286 g/mol. The predicted molar refractivity (Wildman–Crippen MR) is 88.3 cm³/mol. The van der Waals surface area contributed by atoms with E-state index in [-0.39, 0.29) is 11.5 Å². The zero-order chi connectivity index (χ0) is 16.5. The first-order valence-electron chi connectivity index (χ1n) is 9.66. The van der Waals surface area contributed by atoms with Gasteiger partial charge in [-0.25, -0.2) is 0 Å². The standard InChI is InChI=1S/C20H31NO2/c1-18-8-5-14(22)11-13(18)3-4-15-16(18)6-9-19(2)17(15)7-10-20(19,23)12-21/h13-17,22-23H,3-11H2,1-2H3/t13-,14-,15+,16-,17+,18-,19-,20-/m0/s1. The van der Waals surface area contributed by atoms with Gasteiger partial charge in [-0.3, -0.25) is 0 Å². The normalized spacial score (nSPS) is 58.7. The number of aliphatic hydroxyl groups excluding tert-OH is 1. The number of aliphatic hydroxyl groups is 2. The van der Waals surface area contributed by atoms with Crippen LogP contribution in [0, 0.1) is 45.8 Å². The molecule has 4 aliphatic carbocycles. The third-order valence-electron chi connectivity index (χ3n) is 8.97. The second-order valence-corrected chi connectivity index (χ2v) is 9.55. The third kappa shape index (κ3) is 1.94. The zero-order valence-corrected chi connectivity index (χ0v) is 14.6. The summed E-state index contributed by atoms with van der Waals surface area (Å²) in [7, 11) is 0. The van der Waals surface area contributed by atoms with Crippen LogP contribution in [0.1, 0.15) is 71.6 Å². The highest BCUT2D eigenvalue weighted by atomic mass is 16.3. The van der Waals surface area contributed by atoms with E-state index in [1.165, 1.54) is 12.8 Å². The molecular formula is C20H31NO2. The monoisotopic (exact) mass is 317 g/mol. The molecule has 3 nitrogen and oxygen atoms in total. The second-order valence-electron chi connectivity index (χ2n) is 9.55. The number of nitrogens with zero attached hydrogens (tertiary/aromatic N) is 1. The largest absolute Gasteiger partial charge is 0.393 e. The molecule has 0 bridgehead atoms. The lowest BCUT2D eigenvalue weighted by atomic mass is 9.44. The van der Waals surface area contributed by atoms with Crippen molar-refractivity contribution in [1.82, 2.24) is 0 Å². The van der Waals surface area contributed by atoms with Gasteiger partial charge in [0.2, 0.25) is 0 Å². The third-order valence-corrected chi connectivity index (χ3v) is 8.97. The van der Waals surface area contributed by atoms with Gasteiger partial charge in [0, 0.05) is 5.41 Å². The highest BCUT2D eigenvalue weighted by molar-refractivity contribution is 5.20. The van der Waals surface area contributed by atoms with E-state index in [4.69, 9.17) is 0 Å². The van der Waals surface area contributed by atoms with E-state index in [0.29, 0.717) is 29.6 Å². The van der Waals surface area contributed by atoms with Crippen molar-refractivity contribution in [1.29, 1.82) is 5.26 Å². The van der Waals surface area contributed by atoms with Gasteiger partial charge in [-0.1, -0.05) is 13.8 Å². The molecule has 0 aromatic rings. The number of hydrogen-bond donors (Lipinski definition) is 2. The molecule has 0 amide bonds. The minimum absolute atomic E-state index is 0.0892. The zero-order valence-electron chi connectivity index (χ0n) is 14.6. The van der Waals surface area contributed by atoms with Crippen LogP contribution in [0.5, 0.6) is 0 Å². The van der Waals surface area contributed by atoms with Crippen LogP contribution in [0.15, 0.2) is 0 Å². The molecule has 0 saturated heterocycles. The maximum absolute atomic E-state index is 10.9. The molecule has 4 saturated carbocycles. The summed E-state index contributed by atoms with van der Waals surface area (Å²) in [6, 6.07) is 2.27. The molecule has 4 fully saturated rings. The van der Waals surface area contributed by atoms with E-state index in [1.54, 1.807) is 0 Å². The average molecular weight is 317 g/mol. The molecule has 23 heavy (non-hydrogen) atoms. The van der Waals surface area contributed by atoms with Gasteiger partial charge < -0.3 is 10.2 Å². The van der Waals surface area contributed by atoms with Crippen molar-refractivity contribution in [3.05, 3.63) is 0 Å². The van der Waals surface area contributed by atoms with Gasteiger partial charge >= 0.3 is 0 Å². The van der Waals surface area contributed by atoms with Crippen molar-refractivity contribution >= 4 is 0 Å². The maximum Gasteiger partial charge on any atom is 0.156 e. The van der Waals surface area contributed by atoms with Gasteiger partial charge in [0.15, 0.2) is 5.60 Å². The Labute approximate surface area is 140 Å². The van der Waals surface area contributed by atoms with Crippen LogP contribution < -0.4 is 0 Å². The van der Waals surface area contributed by atoms with Crippen LogP contribution in [-0.2, 0) is 0 Å². The van der Waals surface area contributed by atoms with Crippen molar-refractivity contribution in [3.8, 4) is 6.07 Å². The molecule has 0 unspecified atom stereocenters. The van der Waals surface area contributed by atoms with Gasteiger partial charge in [0.25, 0.3) is 0 Å². The van der Waals surface area contributed by atoms with Crippen molar-refractivity contribution in [3.63, 3.8) is 0 Å². The fourth-order valence-corrected chi connectivity index (χ4v) is 7.44. The SMILES string of the molecule is C[C@]12CC[C@H](O)C[C@@H]1CC[C@H]1[C@H]3CC[C@](O)(C#N)[C@@]3(C)CC[C@@H]12. The van der Waals surface area contributed by atoms with Gasteiger partial charge in [-0.05, 0) is 86.9 Å². The fraction of sp³-hybridized carbons (Fsp3) is 0.950. The summed E-state index contributed by atoms with van der Waals surface area (Å²) in [5.74, 6) is 2.59. The lowest BCUT2D eigenvalue weighted by Crippen LogP contribution is -2.56. The van der Waals surface area contributed by atoms with Crippen molar-refractivity contribution in [2.24, 2.45) is 34.5 Å². The molecule has 4 rings (SSSR count). The Hall–Kier alpha value is -0.590. The number of hydrogen-bond acceptors (Lipinski definition) is 3. The van der Waals surface area contributed by atoms with Gasteiger partial charge in [-0.15, -0.1) is 0 Å². The molecule has 0 aliphatic heterocycles. The Morgan fingerprint density at radius 1 is 0.957 bits per heavy atom. The summed E-state index contributed by atoms with van der Waals surface area (Å²) in [4.78, 5) is 0. The number of rotatable bonds is 0. The minimum atomic E-state index is -1.11. The molecule has 0 radical (unpaired) electrons. The quantitative estimate of drug-likeness (QED) is 0.670. The molecule has 0 spiro atoms. The smallest absolute Gasteiger partial charge is 0.156 e. The Kier molecular flexibility index (Phi) is 3.43.